The van der Waals surface area contributed by atoms with E-state index in [1.54, 1.807) is 59.7 Å². The molecule has 288 valence electrons. The zero-order valence-corrected chi connectivity index (χ0v) is 31.0. The van der Waals surface area contributed by atoms with Crippen LogP contribution in [0.3, 0.4) is 0 Å². The van der Waals surface area contributed by atoms with E-state index in [0.717, 1.165) is 0 Å². The van der Waals surface area contributed by atoms with Gasteiger partial charge in [0.05, 0.1) is 17.6 Å². The molecule has 14 nitrogen and oxygen atoms in total. The molecule has 2 fully saturated rings. The molecule has 1 aliphatic heterocycles. The van der Waals surface area contributed by atoms with Gasteiger partial charge in [-0.1, -0.05) is 51.1 Å². The lowest BCUT2D eigenvalue weighted by atomic mass is 9.90. The van der Waals surface area contributed by atoms with E-state index in [4.69, 9.17) is 9.47 Å². The van der Waals surface area contributed by atoms with Crippen LogP contribution < -0.4 is 10.6 Å². The van der Waals surface area contributed by atoms with Crippen molar-refractivity contribution in [2.24, 2.45) is 23.2 Å². The van der Waals surface area contributed by atoms with E-state index in [-0.39, 0.29) is 55.7 Å². The second-order valence-electron chi connectivity index (χ2n) is 15.5. The van der Waals surface area contributed by atoms with E-state index < -0.39 is 77.7 Å². The van der Waals surface area contributed by atoms with E-state index in [1.165, 1.54) is 6.92 Å². The Morgan fingerprint density at radius 3 is 2.21 bits per heavy atom. The van der Waals surface area contributed by atoms with Crippen LogP contribution in [0.1, 0.15) is 84.4 Å². The molecule has 6 N–H and O–H groups in total. The topological polar surface area (TPSA) is 226 Å². The highest BCUT2D eigenvalue weighted by Crippen LogP contribution is 2.33. The number of hydrogen-bond donors (Lipinski definition) is 6. The molecule has 1 saturated heterocycles. The summed E-state index contributed by atoms with van der Waals surface area (Å²) in [6.07, 6.45) is -7.56. The molecule has 0 radical (unpaired) electrons. The lowest BCUT2D eigenvalue weighted by molar-refractivity contribution is -0.228. The van der Waals surface area contributed by atoms with Gasteiger partial charge in [0, 0.05) is 24.7 Å². The number of benzene rings is 1. The number of ether oxygens (including phenoxy) is 2. The molecule has 3 rings (SSSR count). The Balaban J connectivity index is 1.72. The van der Waals surface area contributed by atoms with Gasteiger partial charge < -0.3 is 40.5 Å². The molecule has 0 bridgehead atoms. The minimum Gasteiger partial charge on any atom is -0.479 e. The summed E-state index contributed by atoms with van der Waals surface area (Å²) in [5.74, 6) is -4.45. The normalized spacial score (nSPS) is 26.1. The van der Waals surface area contributed by atoms with Gasteiger partial charge >= 0.3 is 11.9 Å². The van der Waals surface area contributed by atoms with E-state index in [1.807, 2.05) is 0 Å². The Morgan fingerprint density at radius 1 is 1.00 bits per heavy atom. The third-order valence-corrected chi connectivity index (χ3v) is 9.66. The van der Waals surface area contributed by atoms with Crippen molar-refractivity contribution in [1.29, 1.82) is 0 Å². The fraction of sp³-hybridized carbons (Fsp3) is 0.632. The first-order valence-corrected chi connectivity index (χ1v) is 17.7. The number of ketones is 2. The van der Waals surface area contributed by atoms with Gasteiger partial charge in [0.1, 0.15) is 36.7 Å². The maximum absolute atomic E-state index is 13.4. The molecule has 1 saturated carbocycles. The number of allylic oxidation sites excluding steroid dienone is 1. The van der Waals surface area contributed by atoms with Gasteiger partial charge in [-0.3, -0.25) is 24.0 Å². The monoisotopic (exact) mass is 730 g/mol. The minimum atomic E-state index is -1.83. The number of nitrogens with one attached hydrogen (secondary N) is 2. The van der Waals surface area contributed by atoms with Crippen molar-refractivity contribution < 1.29 is 58.7 Å². The van der Waals surface area contributed by atoms with Gasteiger partial charge in [0.2, 0.25) is 11.8 Å². The predicted molar refractivity (Wildman–Crippen MR) is 187 cm³/mol. The van der Waals surface area contributed by atoms with Gasteiger partial charge in [-0.25, -0.2) is 4.79 Å². The third kappa shape index (κ3) is 10.8. The summed E-state index contributed by atoms with van der Waals surface area (Å²) in [6, 6.07) is 3.18. The molecule has 2 aliphatic rings. The molecular weight excluding hydrogens is 676 g/mol. The molecule has 0 aromatic heterocycles. The lowest BCUT2D eigenvalue weighted by Crippen LogP contribution is -2.59. The van der Waals surface area contributed by atoms with Gasteiger partial charge in [-0.05, 0) is 69.6 Å². The van der Waals surface area contributed by atoms with Gasteiger partial charge in [0.25, 0.3) is 0 Å². The zero-order valence-electron chi connectivity index (χ0n) is 31.0. The zero-order chi connectivity index (χ0) is 39.2. The van der Waals surface area contributed by atoms with Crippen LogP contribution in [-0.2, 0) is 57.7 Å². The molecule has 1 aromatic rings. The highest BCUT2D eigenvalue weighted by Gasteiger charge is 2.46. The third-order valence-electron chi connectivity index (χ3n) is 9.66. The Hall–Kier alpha value is -3.98. The first-order valence-electron chi connectivity index (χ1n) is 17.7. The van der Waals surface area contributed by atoms with Gasteiger partial charge in [-0.15, -0.1) is 0 Å². The summed E-state index contributed by atoms with van der Waals surface area (Å²) < 4.78 is 10.9. The van der Waals surface area contributed by atoms with Crippen molar-refractivity contribution in [3.05, 3.63) is 47.0 Å². The number of carbonyl (C=O) groups is 6. The van der Waals surface area contributed by atoms with Crippen molar-refractivity contribution in [1.82, 2.24) is 10.6 Å². The maximum atomic E-state index is 13.4. The standard InChI is InChI=1S/C38H54N2O12/c1-18(2)29(40-28(42)16-25-19(3)13-20(4)30(25)43)35(47)39-21(5)26(41)15-22-9-10-24(17-51-37(50)38(6,7)8)23(14-22)11-12-27-31(44)32(45)33(46)34(52-27)36(48)49/h9-10,14,18,20-21,25,27,29,31-34,44-46H,3,11-13,15-17H2,1-2,4-8H3,(H,39,47)(H,40,42)(H,48,49)/t20?,21-,25?,27-,29-,31-,32+,33-,34-/m0/s1. The van der Waals surface area contributed by atoms with Crippen LogP contribution in [0.2, 0.25) is 0 Å². The highest BCUT2D eigenvalue weighted by molar-refractivity contribution is 5.96. The SMILES string of the molecule is C=C1CC(C)C(=O)C1CC(=O)N[C@H](C(=O)N[C@@H](C)C(=O)Cc1ccc(COC(=O)C(C)(C)C)c(CC[C@@H]2O[C@H](C(=O)O)[C@@H](O)[C@H](O)[C@H]2O)c1)C(C)C. The summed E-state index contributed by atoms with van der Waals surface area (Å²) >= 11 is 0. The van der Waals surface area contributed by atoms with Gasteiger partial charge in [0.15, 0.2) is 11.9 Å². The molecule has 0 spiro atoms. The Kier molecular flexibility index (Phi) is 14.4. The summed E-state index contributed by atoms with van der Waals surface area (Å²) in [5.41, 5.74) is 1.68. The fourth-order valence-electron chi connectivity index (χ4n) is 6.33. The number of aliphatic carboxylic acids is 1. The Morgan fingerprint density at radius 2 is 1.65 bits per heavy atom. The van der Waals surface area contributed by atoms with Crippen molar-refractivity contribution in [3.63, 3.8) is 0 Å². The maximum Gasteiger partial charge on any atom is 0.335 e. The molecule has 2 unspecified atom stereocenters. The van der Waals surface area contributed by atoms with E-state index in [9.17, 15) is 49.2 Å². The molecule has 1 aliphatic carbocycles. The molecule has 9 atom stereocenters. The van der Waals surface area contributed by atoms with Crippen LogP contribution >= 0.6 is 0 Å². The predicted octanol–water partition coefficient (Wildman–Crippen LogP) is 1.57. The molecular formula is C38H54N2O12. The first kappa shape index (κ1) is 42.4. The number of aliphatic hydroxyl groups excluding tert-OH is 3. The van der Waals surface area contributed by atoms with Crippen LogP contribution in [0.4, 0.5) is 0 Å². The highest BCUT2D eigenvalue weighted by atomic mass is 16.6. The number of rotatable bonds is 15. The molecule has 52 heavy (non-hydrogen) atoms. The fourth-order valence-corrected chi connectivity index (χ4v) is 6.33. The van der Waals surface area contributed by atoms with Crippen molar-refractivity contribution in [2.75, 3.05) is 0 Å². The molecule has 14 heteroatoms. The summed E-state index contributed by atoms with van der Waals surface area (Å²) in [7, 11) is 0. The molecule has 2 amide bonds. The quantitative estimate of drug-likeness (QED) is 0.112. The van der Waals surface area contributed by atoms with Crippen molar-refractivity contribution >= 4 is 35.3 Å². The summed E-state index contributed by atoms with van der Waals surface area (Å²) in [5, 5.41) is 45.7. The number of carboxylic acids is 1. The Bertz CT molecular complexity index is 1530. The minimum absolute atomic E-state index is 0.0170. The molecule has 1 aromatic carbocycles. The number of amides is 2. The number of aryl methyl sites for hydroxylation is 1. The lowest BCUT2D eigenvalue weighted by Gasteiger charge is -2.39. The number of esters is 1. The van der Waals surface area contributed by atoms with Gasteiger partial charge in [-0.2, -0.15) is 0 Å². The van der Waals surface area contributed by atoms with Crippen LogP contribution in [0.5, 0.6) is 0 Å². The largest absolute Gasteiger partial charge is 0.479 e. The summed E-state index contributed by atoms with van der Waals surface area (Å²) in [4.78, 5) is 76.0. The Labute approximate surface area is 304 Å². The summed E-state index contributed by atoms with van der Waals surface area (Å²) in [6.45, 7) is 15.8. The number of Topliss-reactive ketones (excluding diaryl/α,β-unsaturated/α-hetero) is 2. The average Bonchev–Trinajstić information content (AvgIpc) is 3.29. The number of carboxylic acid groups (broad SMARTS) is 1. The first-order chi connectivity index (χ1) is 24.1. The average molecular weight is 731 g/mol. The van der Waals surface area contributed by atoms with Crippen LogP contribution in [0.25, 0.3) is 0 Å². The van der Waals surface area contributed by atoms with E-state index in [0.29, 0.717) is 28.7 Å². The second kappa shape index (κ2) is 17.7. The number of aliphatic hydroxyl groups is 3. The second-order valence-corrected chi connectivity index (χ2v) is 15.5. The number of hydrogen-bond acceptors (Lipinski definition) is 11. The molecule has 1 heterocycles. The van der Waals surface area contributed by atoms with Crippen LogP contribution in [0, 0.1) is 23.2 Å². The smallest absolute Gasteiger partial charge is 0.335 e. The van der Waals surface area contributed by atoms with E-state index in [2.05, 4.69) is 17.2 Å². The van der Waals surface area contributed by atoms with Crippen molar-refractivity contribution in [3.8, 4) is 0 Å². The van der Waals surface area contributed by atoms with Crippen LogP contribution in [-0.4, -0.2) is 98.3 Å². The van der Waals surface area contributed by atoms with Crippen molar-refractivity contribution in [2.45, 2.75) is 130 Å². The number of carbonyl (C=O) groups excluding carboxylic acids is 5. The van der Waals surface area contributed by atoms with Crippen LogP contribution in [0.15, 0.2) is 30.4 Å². The van der Waals surface area contributed by atoms with E-state index >= 15 is 0 Å².